The molecule has 6 heteroatoms. The topological polar surface area (TPSA) is 64.6 Å². The lowest BCUT2D eigenvalue weighted by Crippen LogP contribution is -2.31. The summed E-state index contributed by atoms with van der Waals surface area (Å²) in [6.07, 6.45) is 0.741. The summed E-state index contributed by atoms with van der Waals surface area (Å²) < 4.78 is 10.8. The normalized spacial score (nSPS) is 15.5. The second kappa shape index (κ2) is 7.05. The number of rotatable bonds is 5. The van der Waals surface area contributed by atoms with Crippen molar-refractivity contribution in [1.29, 1.82) is 0 Å². The zero-order chi connectivity index (χ0) is 17.1. The number of carbonyl (C=O) groups is 2. The summed E-state index contributed by atoms with van der Waals surface area (Å²) >= 11 is 1.40. The van der Waals surface area contributed by atoms with Gasteiger partial charge in [-0.3, -0.25) is 4.79 Å². The summed E-state index contributed by atoms with van der Waals surface area (Å²) in [5.74, 6) is 0.0734. The van der Waals surface area contributed by atoms with Crippen LogP contribution in [0.5, 0.6) is 5.75 Å². The molecule has 1 amide bonds. The molecule has 1 N–H and O–H groups in total. The number of hydrogen-bond donors (Lipinski definition) is 1. The van der Waals surface area contributed by atoms with Crippen LogP contribution in [-0.2, 0) is 22.4 Å². The Bertz CT molecular complexity index is 743. The Morgan fingerprint density at radius 1 is 1.33 bits per heavy atom. The summed E-state index contributed by atoms with van der Waals surface area (Å²) in [5, 5.41) is 3.36. The maximum Gasteiger partial charge on any atom is 0.341 e. The number of hydrogen-bond acceptors (Lipinski definition) is 5. The average molecular weight is 345 g/mol. The summed E-state index contributed by atoms with van der Waals surface area (Å²) in [6, 6.07) is 9.39. The maximum absolute atomic E-state index is 12.5. The van der Waals surface area contributed by atoms with E-state index in [-0.39, 0.29) is 5.91 Å². The first kappa shape index (κ1) is 16.5. The van der Waals surface area contributed by atoms with Crippen molar-refractivity contribution >= 4 is 28.2 Å². The first-order valence-corrected chi connectivity index (χ1v) is 8.79. The van der Waals surface area contributed by atoms with Gasteiger partial charge >= 0.3 is 5.97 Å². The third-order valence-corrected chi connectivity index (χ3v) is 5.00. The predicted molar refractivity (Wildman–Crippen MR) is 92.8 cm³/mol. The molecule has 0 spiro atoms. The minimum Gasteiger partial charge on any atom is -0.480 e. The number of aryl methyl sites for hydroxylation is 1. The second-order valence-corrected chi connectivity index (χ2v) is 6.57. The summed E-state index contributed by atoms with van der Waals surface area (Å²) in [5.41, 5.74) is 1.42. The Labute approximate surface area is 144 Å². The van der Waals surface area contributed by atoms with Crippen molar-refractivity contribution in [3.8, 4) is 5.75 Å². The van der Waals surface area contributed by atoms with E-state index in [4.69, 9.17) is 9.47 Å². The standard InChI is InChI=1S/C18H19NO4S/c1-3-12-10-13(18(21)22-4-2)17(24-12)19-16(20)15-9-11-7-5-6-8-14(11)23-15/h5-8,10,15H,3-4,9H2,1-2H3,(H,19,20). The Hall–Kier alpha value is -2.34. The highest BCUT2D eigenvalue weighted by atomic mass is 32.1. The highest BCUT2D eigenvalue weighted by molar-refractivity contribution is 7.16. The molecule has 0 radical (unpaired) electrons. The Morgan fingerprint density at radius 2 is 2.12 bits per heavy atom. The van der Waals surface area contributed by atoms with E-state index in [1.54, 1.807) is 13.0 Å². The van der Waals surface area contributed by atoms with Gasteiger partial charge in [-0.05, 0) is 31.0 Å². The van der Waals surface area contributed by atoms with Crippen molar-refractivity contribution in [3.63, 3.8) is 0 Å². The van der Waals surface area contributed by atoms with Crippen LogP contribution in [0.25, 0.3) is 0 Å². The van der Waals surface area contributed by atoms with Gasteiger partial charge in [-0.25, -0.2) is 4.79 Å². The number of carbonyl (C=O) groups excluding carboxylic acids is 2. The largest absolute Gasteiger partial charge is 0.480 e. The second-order valence-electron chi connectivity index (χ2n) is 5.44. The molecule has 0 fully saturated rings. The molecule has 3 rings (SSSR count). The molecule has 0 bridgehead atoms. The van der Waals surface area contributed by atoms with Crippen LogP contribution in [0.3, 0.4) is 0 Å². The number of anilines is 1. The van der Waals surface area contributed by atoms with Gasteiger partial charge in [-0.15, -0.1) is 11.3 Å². The fraction of sp³-hybridized carbons (Fsp3) is 0.333. The first-order valence-electron chi connectivity index (χ1n) is 7.97. The molecule has 1 aliphatic rings. The fourth-order valence-electron chi connectivity index (χ4n) is 2.59. The number of ether oxygens (including phenoxy) is 2. The van der Waals surface area contributed by atoms with Gasteiger partial charge in [0, 0.05) is 11.3 Å². The average Bonchev–Trinajstić information content (AvgIpc) is 3.18. The van der Waals surface area contributed by atoms with Crippen molar-refractivity contribution in [2.24, 2.45) is 0 Å². The number of amides is 1. The summed E-state index contributed by atoms with van der Waals surface area (Å²) in [7, 11) is 0. The summed E-state index contributed by atoms with van der Waals surface area (Å²) in [6.45, 7) is 4.06. The van der Waals surface area contributed by atoms with Crippen molar-refractivity contribution in [2.45, 2.75) is 32.8 Å². The molecule has 24 heavy (non-hydrogen) atoms. The molecule has 0 saturated heterocycles. The third kappa shape index (κ3) is 3.28. The minimum absolute atomic E-state index is 0.249. The van der Waals surface area contributed by atoms with E-state index in [1.807, 2.05) is 31.2 Å². The van der Waals surface area contributed by atoms with E-state index in [0.717, 1.165) is 22.6 Å². The Kier molecular flexibility index (Phi) is 4.85. The monoisotopic (exact) mass is 345 g/mol. The molecular weight excluding hydrogens is 326 g/mol. The molecule has 1 aromatic heterocycles. The molecule has 1 aromatic carbocycles. The molecule has 0 saturated carbocycles. The molecule has 1 aliphatic heterocycles. The molecule has 2 aromatic rings. The Morgan fingerprint density at radius 3 is 2.83 bits per heavy atom. The molecule has 1 unspecified atom stereocenters. The summed E-state index contributed by atoms with van der Waals surface area (Å²) in [4.78, 5) is 25.6. The van der Waals surface area contributed by atoms with Crippen LogP contribution in [-0.4, -0.2) is 24.6 Å². The molecule has 1 atom stereocenters. The fourth-order valence-corrected chi connectivity index (χ4v) is 3.58. The highest BCUT2D eigenvalue weighted by Gasteiger charge is 2.30. The highest BCUT2D eigenvalue weighted by Crippen LogP contribution is 2.32. The van der Waals surface area contributed by atoms with Gasteiger partial charge in [0.15, 0.2) is 6.10 Å². The number of nitrogens with one attached hydrogen (secondary N) is 1. The SMILES string of the molecule is CCOC(=O)c1cc(CC)sc1NC(=O)C1Cc2ccccc2O1. The van der Waals surface area contributed by atoms with Crippen LogP contribution >= 0.6 is 11.3 Å². The van der Waals surface area contributed by atoms with Crippen molar-refractivity contribution in [1.82, 2.24) is 0 Å². The maximum atomic E-state index is 12.5. The predicted octanol–water partition coefficient (Wildman–Crippen LogP) is 3.43. The number of thiophene rings is 1. The number of fused-ring (bicyclic) bond motifs is 1. The van der Waals surface area contributed by atoms with E-state index in [0.29, 0.717) is 23.6 Å². The van der Waals surface area contributed by atoms with Crippen molar-refractivity contribution < 1.29 is 19.1 Å². The van der Waals surface area contributed by atoms with Crippen LogP contribution in [0.2, 0.25) is 0 Å². The van der Waals surface area contributed by atoms with Gasteiger partial charge in [0.25, 0.3) is 5.91 Å². The van der Waals surface area contributed by atoms with E-state index < -0.39 is 12.1 Å². The van der Waals surface area contributed by atoms with Gasteiger partial charge in [-0.1, -0.05) is 25.1 Å². The van der Waals surface area contributed by atoms with Gasteiger partial charge in [0.05, 0.1) is 12.2 Å². The zero-order valence-corrected chi connectivity index (χ0v) is 14.4. The van der Waals surface area contributed by atoms with Crippen LogP contribution in [0.1, 0.15) is 34.6 Å². The number of benzene rings is 1. The van der Waals surface area contributed by atoms with Crippen LogP contribution in [0.15, 0.2) is 30.3 Å². The van der Waals surface area contributed by atoms with Gasteiger partial charge in [-0.2, -0.15) is 0 Å². The van der Waals surface area contributed by atoms with Crippen molar-refractivity contribution in [2.75, 3.05) is 11.9 Å². The van der Waals surface area contributed by atoms with E-state index >= 15 is 0 Å². The van der Waals surface area contributed by atoms with E-state index in [9.17, 15) is 9.59 Å². The third-order valence-electron chi connectivity index (χ3n) is 3.80. The minimum atomic E-state index is -0.579. The van der Waals surface area contributed by atoms with Crippen LogP contribution < -0.4 is 10.1 Å². The Balaban J connectivity index is 1.75. The van der Waals surface area contributed by atoms with Gasteiger partial charge < -0.3 is 14.8 Å². The lowest BCUT2D eigenvalue weighted by Gasteiger charge is -2.11. The molecule has 2 heterocycles. The van der Waals surface area contributed by atoms with E-state index in [2.05, 4.69) is 5.32 Å². The number of para-hydroxylation sites is 1. The lowest BCUT2D eigenvalue weighted by atomic mass is 10.1. The lowest BCUT2D eigenvalue weighted by molar-refractivity contribution is -0.122. The molecular formula is C18H19NO4S. The van der Waals surface area contributed by atoms with Crippen LogP contribution in [0, 0.1) is 0 Å². The molecule has 126 valence electrons. The van der Waals surface area contributed by atoms with Gasteiger partial charge in [0.2, 0.25) is 0 Å². The zero-order valence-electron chi connectivity index (χ0n) is 13.6. The van der Waals surface area contributed by atoms with E-state index in [1.165, 1.54) is 11.3 Å². The van der Waals surface area contributed by atoms with Gasteiger partial charge in [0.1, 0.15) is 10.8 Å². The smallest absolute Gasteiger partial charge is 0.341 e. The quantitative estimate of drug-likeness (QED) is 0.843. The number of esters is 1. The van der Waals surface area contributed by atoms with Crippen LogP contribution in [0.4, 0.5) is 5.00 Å². The van der Waals surface area contributed by atoms with Crippen molar-refractivity contribution in [3.05, 3.63) is 46.3 Å². The molecule has 5 nitrogen and oxygen atoms in total. The first-order chi connectivity index (χ1) is 11.6. The molecule has 0 aliphatic carbocycles.